The first-order chi connectivity index (χ1) is 9.47. The lowest BCUT2D eigenvalue weighted by Gasteiger charge is -2.19. The number of methoxy groups -OCH3 is 1. The second-order valence-electron chi connectivity index (χ2n) is 4.40. The molecule has 6 heteroatoms. The van der Waals surface area contributed by atoms with Gasteiger partial charge in [0.15, 0.2) is 0 Å². The standard InChI is InChI=1S/C14H21NO4S/c1-4-5-6-9-15(2)20(17,18)14-10-12(11-16)7-8-13(14)19-3/h4,7-8,10,16H,1,5-6,9,11H2,2-3H3. The monoisotopic (exact) mass is 299 g/mol. The van der Waals surface area contributed by atoms with E-state index in [9.17, 15) is 8.42 Å². The first kappa shape index (κ1) is 16.7. The van der Waals surface area contributed by atoms with Crippen LogP contribution in [0.2, 0.25) is 0 Å². The van der Waals surface area contributed by atoms with Crippen molar-refractivity contribution in [2.45, 2.75) is 24.3 Å². The molecule has 0 bridgehead atoms. The molecule has 1 N–H and O–H groups in total. The Morgan fingerprint density at radius 1 is 1.45 bits per heavy atom. The van der Waals surface area contributed by atoms with Gasteiger partial charge in [-0.15, -0.1) is 6.58 Å². The van der Waals surface area contributed by atoms with E-state index in [4.69, 9.17) is 9.84 Å². The summed E-state index contributed by atoms with van der Waals surface area (Å²) in [6.07, 6.45) is 3.22. The fraction of sp³-hybridized carbons (Fsp3) is 0.429. The molecule has 0 fully saturated rings. The minimum atomic E-state index is -3.63. The number of rotatable bonds is 8. The maximum atomic E-state index is 12.5. The van der Waals surface area contributed by atoms with Crippen LogP contribution in [0.5, 0.6) is 5.75 Å². The summed E-state index contributed by atoms with van der Waals surface area (Å²) in [6, 6.07) is 4.63. The van der Waals surface area contributed by atoms with Crippen LogP contribution < -0.4 is 4.74 Å². The largest absolute Gasteiger partial charge is 0.495 e. The van der Waals surface area contributed by atoms with Crippen LogP contribution in [0.1, 0.15) is 18.4 Å². The summed E-state index contributed by atoms with van der Waals surface area (Å²) < 4.78 is 31.4. The Morgan fingerprint density at radius 2 is 2.15 bits per heavy atom. The number of unbranched alkanes of at least 4 members (excludes halogenated alkanes) is 1. The first-order valence-corrected chi connectivity index (χ1v) is 7.76. The molecule has 0 aromatic heterocycles. The van der Waals surface area contributed by atoms with Crippen molar-refractivity contribution >= 4 is 10.0 Å². The molecule has 0 atom stereocenters. The summed E-state index contributed by atoms with van der Waals surface area (Å²) in [6.45, 7) is 3.80. The van der Waals surface area contributed by atoms with Crippen molar-refractivity contribution in [2.75, 3.05) is 20.7 Å². The molecule has 0 saturated carbocycles. The van der Waals surface area contributed by atoms with Crippen LogP contribution >= 0.6 is 0 Å². The topological polar surface area (TPSA) is 66.8 Å². The quantitative estimate of drug-likeness (QED) is 0.587. The Morgan fingerprint density at radius 3 is 2.70 bits per heavy atom. The molecule has 0 spiro atoms. The van der Waals surface area contributed by atoms with E-state index in [2.05, 4.69) is 6.58 Å². The molecular formula is C14H21NO4S. The van der Waals surface area contributed by atoms with Crippen molar-refractivity contribution in [1.29, 1.82) is 0 Å². The zero-order valence-electron chi connectivity index (χ0n) is 11.9. The Bertz CT molecular complexity index is 554. The minimum Gasteiger partial charge on any atom is -0.495 e. The third kappa shape index (κ3) is 3.82. The number of hydrogen-bond acceptors (Lipinski definition) is 4. The van der Waals surface area contributed by atoms with Gasteiger partial charge in [-0.05, 0) is 30.5 Å². The Labute approximate surface area is 120 Å². The molecule has 0 unspecified atom stereocenters. The van der Waals surface area contributed by atoms with Gasteiger partial charge in [-0.2, -0.15) is 0 Å². The fourth-order valence-electron chi connectivity index (χ4n) is 1.77. The maximum absolute atomic E-state index is 12.5. The molecular weight excluding hydrogens is 278 g/mol. The Hall–Kier alpha value is -1.37. The molecule has 0 saturated heterocycles. The molecule has 20 heavy (non-hydrogen) atoms. The van der Waals surface area contributed by atoms with Gasteiger partial charge in [0.25, 0.3) is 0 Å². The normalized spacial score (nSPS) is 11.6. The van der Waals surface area contributed by atoms with E-state index >= 15 is 0 Å². The summed E-state index contributed by atoms with van der Waals surface area (Å²) in [5.41, 5.74) is 0.531. The first-order valence-electron chi connectivity index (χ1n) is 6.32. The second kappa shape index (κ2) is 7.42. The van der Waals surface area contributed by atoms with E-state index in [-0.39, 0.29) is 17.3 Å². The second-order valence-corrected chi connectivity index (χ2v) is 6.41. The molecule has 0 radical (unpaired) electrons. The average Bonchev–Trinajstić information content (AvgIpc) is 2.46. The number of aliphatic hydroxyl groups excluding tert-OH is 1. The number of hydrogen-bond donors (Lipinski definition) is 1. The Balaban J connectivity index is 3.09. The van der Waals surface area contributed by atoms with Gasteiger partial charge in [-0.3, -0.25) is 0 Å². The van der Waals surface area contributed by atoms with Crippen LogP contribution in [0, 0.1) is 0 Å². The van der Waals surface area contributed by atoms with E-state index in [0.717, 1.165) is 6.42 Å². The molecule has 112 valence electrons. The van der Waals surface area contributed by atoms with Gasteiger partial charge in [-0.25, -0.2) is 12.7 Å². The molecule has 0 amide bonds. The molecule has 5 nitrogen and oxygen atoms in total. The van der Waals surface area contributed by atoms with Gasteiger partial charge in [0, 0.05) is 13.6 Å². The highest BCUT2D eigenvalue weighted by Crippen LogP contribution is 2.27. The van der Waals surface area contributed by atoms with E-state index in [1.54, 1.807) is 18.2 Å². The number of nitrogens with zero attached hydrogens (tertiary/aromatic N) is 1. The number of allylic oxidation sites excluding steroid dienone is 1. The highest BCUT2D eigenvalue weighted by Gasteiger charge is 2.24. The van der Waals surface area contributed by atoms with Gasteiger partial charge in [0.2, 0.25) is 10.0 Å². The lowest BCUT2D eigenvalue weighted by Crippen LogP contribution is -2.28. The van der Waals surface area contributed by atoms with Crippen LogP contribution in [0.3, 0.4) is 0 Å². The predicted molar refractivity (Wildman–Crippen MR) is 78.2 cm³/mol. The summed E-state index contributed by atoms with van der Waals surface area (Å²) in [7, 11) is -0.679. The van der Waals surface area contributed by atoms with Crippen molar-refractivity contribution in [2.24, 2.45) is 0 Å². The van der Waals surface area contributed by atoms with Crippen LogP contribution in [0.15, 0.2) is 35.7 Å². The number of sulfonamides is 1. The maximum Gasteiger partial charge on any atom is 0.246 e. The average molecular weight is 299 g/mol. The SMILES string of the molecule is C=CCCCN(C)S(=O)(=O)c1cc(CO)ccc1OC. The summed E-state index contributed by atoms with van der Waals surface area (Å²) in [4.78, 5) is 0.0765. The highest BCUT2D eigenvalue weighted by molar-refractivity contribution is 7.89. The van der Waals surface area contributed by atoms with Crippen molar-refractivity contribution in [3.8, 4) is 5.75 Å². The third-order valence-corrected chi connectivity index (χ3v) is 4.86. The van der Waals surface area contributed by atoms with E-state index in [0.29, 0.717) is 18.5 Å². The molecule has 0 aliphatic carbocycles. The molecule has 0 aliphatic heterocycles. The molecule has 0 heterocycles. The number of benzene rings is 1. The molecule has 1 rings (SSSR count). The molecule has 1 aromatic rings. The van der Waals surface area contributed by atoms with Crippen molar-refractivity contribution in [3.05, 3.63) is 36.4 Å². The Kier molecular flexibility index (Phi) is 6.19. The molecule has 0 aliphatic rings. The lowest BCUT2D eigenvalue weighted by molar-refractivity contribution is 0.281. The van der Waals surface area contributed by atoms with Gasteiger partial charge in [-0.1, -0.05) is 12.1 Å². The zero-order valence-corrected chi connectivity index (χ0v) is 12.7. The zero-order chi connectivity index (χ0) is 15.2. The van der Waals surface area contributed by atoms with Gasteiger partial charge < -0.3 is 9.84 Å². The van der Waals surface area contributed by atoms with Gasteiger partial charge in [0.05, 0.1) is 13.7 Å². The van der Waals surface area contributed by atoms with Crippen molar-refractivity contribution < 1.29 is 18.3 Å². The predicted octanol–water partition coefficient (Wildman–Crippen LogP) is 1.77. The van der Waals surface area contributed by atoms with Crippen molar-refractivity contribution in [1.82, 2.24) is 4.31 Å². The van der Waals surface area contributed by atoms with Crippen LogP contribution in [0.25, 0.3) is 0 Å². The molecule has 1 aromatic carbocycles. The summed E-state index contributed by atoms with van der Waals surface area (Å²) >= 11 is 0. The smallest absolute Gasteiger partial charge is 0.246 e. The van der Waals surface area contributed by atoms with Crippen LogP contribution in [-0.4, -0.2) is 38.5 Å². The van der Waals surface area contributed by atoms with Crippen molar-refractivity contribution in [3.63, 3.8) is 0 Å². The van der Waals surface area contributed by atoms with E-state index in [1.165, 1.54) is 24.5 Å². The van der Waals surface area contributed by atoms with Gasteiger partial charge >= 0.3 is 0 Å². The highest BCUT2D eigenvalue weighted by atomic mass is 32.2. The van der Waals surface area contributed by atoms with Crippen LogP contribution in [0.4, 0.5) is 0 Å². The number of ether oxygens (including phenoxy) is 1. The number of aliphatic hydroxyl groups is 1. The van der Waals surface area contributed by atoms with Gasteiger partial charge in [0.1, 0.15) is 10.6 Å². The summed E-state index contributed by atoms with van der Waals surface area (Å²) in [5.74, 6) is 0.276. The third-order valence-electron chi connectivity index (χ3n) is 2.98. The van der Waals surface area contributed by atoms with Crippen LogP contribution in [-0.2, 0) is 16.6 Å². The summed E-state index contributed by atoms with van der Waals surface area (Å²) in [5, 5.41) is 9.14. The lowest BCUT2D eigenvalue weighted by atomic mass is 10.2. The fourth-order valence-corrected chi connectivity index (χ4v) is 3.18. The van der Waals surface area contributed by atoms with E-state index < -0.39 is 10.0 Å². The minimum absolute atomic E-state index is 0.0765. The van der Waals surface area contributed by atoms with E-state index in [1.807, 2.05) is 0 Å².